The largest absolute Gasteiger partial charge is 0.354 e. The van der Waals surface area contributed by atoms with E-state index in [-0.39, 0.29) is 5.82 Å². The SMILES string of the molecule is CCNc1ncc(F)c(N(C)C2CCC(C)(C)CC2)n1. The topological polar surface area (TPSA) is 41.1 Å². The van der Waals surface area contributed by atoms with Crippen LogP contribution in [-0.4, -0.2) is 29.6 Å². The number of nitrogens with one attached hydrogen (secondary N) is 1. The van der Waals surface area contributed by atoms with Crippen molar-refractivity contribution in [2.45, 2.75) is 52.5 Å². The first-order valence-corrected chi connectivity index (χ1v) is 7.42. The Balaban J connectivity index is 2.12. The van der Waals surface area contributed by atoms with Crippen molar-refractivity contribution in [1.29, 1.82) is 0 Å². The van der Waals surface area contributed by atoms with Crippen molar-refractivity contribution in [3.8, 4) is 0 Å². The van der Waals surface area contributed by atoms with Crippen LogP contribution < -0.4 is 10.2 Å². The average Bonchev–Trinajstić information content (AvgIpc) is 2.40. The monoisotopic (exact) mass is 280 g/mol. The number of rotatable bonds is 4. The van der Waals surface area contributed by atoms with Gasteiger partial charge >= 0.3 is 0 Å². The predicted octanol–water partition coefficient (Wildman–Crippen LogP) is 3.45. The second-order valence-corrected chi connectivity index (χ2v) is 6.40. The van der Waals surface area contributed by atoms with E-state index < -0.39 is 0 Å². The Morgan fingerprint density at radius 2 is 2.05 bits per heavy atom. The molecule has 1 saturated carbocycles. The molecule has 0 aliphatic heterocycles. The zero-order chi connectivity index (χ0) is 14.8. The smallest absolute Gasteiger partial charge is 0.224 e. The van der Waals surface area contributed by atoms with Crippen LogP contribution in [0.5, 0.6) is 0 Å². The Morgan fingerprint density at radius 1 is 1.40 bits per heavy atom. The maximum Gasteiger partial charge on any atom is 0.224 e. The van der Waals surface area contributed by atoms with Crippen LogP contribution in [0.1, 0.15) is 46.5 Å². The molecule has 112 valence electrons. The minimum Gasteiger partial charge on any atom is -0.354 e. The van der Waals surface area contributed by atoms with Gasteiger partial charge in [-0.2, -0.15) is 4.98 Å². The Hall–Kier alpha value is -1.39. The van der Waals surface area contributed by atoms with Gasteiger partial charge in [-0.25, -0.2) is 9.37 Å². The van der Waals surface area contributed by atoms with E-state index in [2.05, 4.69) is 29.1 Å². The second-order valence-electron chi connectivity index (χ2n) is 6.40. The van der Waals surface area contributed by atoms with Crippen LogP contribution in [0.3, 0.4) is 0 Å². The fourth-order valence-corrected chi connectivity index (χ4v) is 2.79. The molecule has 0 unspecified atom stereocenters. The van der Waals surface area contributed by atoms with E-state index in [1.165, 1.54) is 19.0 Å². The van der Waals surface area contributed by atoms with Crippen molar-refractivity contribution >= 4 is 11.8 Å². The zero-order valence-electron chi connectivity index (χ0n) is 12.9. The van der Waals surface area contributed by atoms with Gasteiger partial charge in [0.05, 0.1) is 6.20 Å². The molecule has 0 spiro atoms. The number of halogens is 1. The van der Waals surface area contributed by atoms with Crippen molar-refractivity contribution in [1.82, 2.24) is 9.97 Å². The van der Waals surface area contributed by atoms with Crippen LogP contribution in [-0.2, 0) is 0 Å². The lowest BCUT2D eigenvalue weighted by Gasteiger charge is -2.39. The minimum atomic E-state index is -0.348. The van der Waals surface area contributed by atoms with E-state index in [4.69, 9.17) is 0 Å². The van der Waals surface area contributed by atoms with Gasteiger partial charge in [0, 0.05) is 19.6 Å². The molecule has 1 aliphatic carbocycles. The standard InChI is InChI=1S/C15H25FN4/c1-5-17-14-18-10-12(16)13(19-14)20(4)11-6-8-15(2,3)9-7-11/h10-11H,5-9H2,1-4H3,(H,17,18,19). The van der Waals surface area contributed by atoms with E-state index in [1.54, 1.807) is 0 Å². The number of aromatic nitrogens is 2. The van der Waals surface area contributed by atoms with Gasteiger partial charge in [-0.05, 0) is 38.0 Å². The maximum absolute atomic E-state index is 14.0. The van der Waals surface area contributed by atoms with Crippen molar-refractivity contribution in [3.05, 3.63) is 12.0 Å². The summed E-state index contributed by atoms with van der Waals surface area (Å²) in [6, 6.07) is 0.363. The molecule has 1 aromatic heterocycles. The highest BCUT2D eigenvalue weighted by atomic mass is 19.1. The Bertz CT molecular complexity index is 451. The molecule has 0 saturated heterocycles. The lowest BCUT2D eigenvalue weighted by atomic mass is 9.75. The summed E-state index contributed by atoms with van der Waals surface area (Å²) in [5.74, 6) is 0.548. The summed E-state index contributed by atoms with van der Waals surface area (Å²) in [5.41, 5.74) is 0.413. The third-order valence-electron chi connectivity index (χ3n) is 4.25. The molecule has 1 aromatic rings. The van der Waals surface area contributed by atoms with E-state index in [9.17, 15) is 4.39 Å². The van der Waals surface area contributed by atoms with Crippen LogP contribution in [0.2, 0.25) is 0 Å². The molecule has 0 radical (unpaired) electrons. The molecular weight excluding hydrogens is 255 g/mol. The van der Waals surface area contributed by atoms with Crippen molar-refractivity contribution in [2.24, 2.45) is 5.41 Å². The molecule has 1 heterocycles. The number of hydrogen-bond donors (Lipinski definition) is 1. The molecular formula is C15H25FN4. The van der Waals surface area contributed by atoms with E-state index in [1.807, 2.05) is 18.9 Å². The number of hydrogen-bond acceptors (Lipinski definition) is 4. The highest BCUT2D eigenvalue weighted by Crippen LogP contribution is 2.37. The fourth-order valence-electron chi connectivity index (χ4n) is 2.79. The van der Waals surface area contributed by atoms with E-state index in [0.717, 1.165) is 19.4 Å². The average molecular weight is 280 g/mol. The van der Waals surface area contributed by atoms with Crippen molar-refractivity contribution in [3.63, 3.8) is 0 Å². The van der Waals surface area contributed by atoms with Crippen molar-refractivity contribution in [2.75, 3.05) is 23.8 Å². The Labute approximate surface area is 120 Å². The lowest BCUT2D eigenvalue weighted by molar-refractivity contribution is 0.222. The maximum atomic E-state index is 14.0. The number of anilines is 2. The molecule has 0 aromatic carbocycles. The van der Waals surface area contributed by atoms with Gasteiger partial charge in [-0.1, -0.05) is 13.8 Å². The molecule has 0 amide bonds. The van der Waals surface area contributed by atoms with Gasteiger partial charge in [-0.15, -0.1) is 0 Å². The van der Waals surface area contributed by atoms with Gasteiger partial charge in [0.1, 0.15) is 0 Å². The van der Waals surface area contributed by atoms with Crippen LogP contribution in [0, 0.1) is 11.2 Å². The summed E-state index contributed by atoms with van der Waals surface area (Å²) < 4.78 is 14.0. The second kappa shape index (κ2) is 5.94. The Morgan fingerprint density at radius 3 is 2.65 bits per heavy atom. The molecule has 1 fully saturated rings. The van der Waals surface area contributed by atoms with Crippen LogP contribution in [0.4, 0.5) is 16.2 Å². The van der Waals surface area contributed by atoms with Gasteiger partial charge in [0.2, 0.25) is 5.95 Å². The zero-order valence-corrected chi connectivity index (χ0v) is 12.9. The molecule has 5 heteroatoms. The molecule has 20 heavy (non-hydrogen) atoms. The van der Waals surface area contributed by atoms with E-state index >= 15 is 0 Å². The first-order chi connectivity index (χ1) is 9.43. The third-order valence-corrected chi connectivity index (χ3v) is 4.25. The van der Waals surface area contributed by atoms with E-state index in [0.29, 0.717) is 23.2 Å². The first kappa shape index (κ1) is 15.0. The summed E-state index contributed by atoms with van der Waals surface area (Å²) in [7, 11) is 1.93. The molecule has 1 N–H and O–H groups in total. The normalized spacial score (nSPS) is 18.9. The van der Waals surface area contributed by atoms with Crippen LogP contribution >= 0.6 is 0 Å². The minimum absolute atomic E-state index is 0.348. The summed E-state index contributed by atoms with van der Waals surface area (Å²) in [6.07, 6.45) is 5.78. The molecule has 0 bridgehead atoms. The highest BCUT2D eigenvalue weighted by molar-refractivity contribution is 5.44. The van der Waals surface area contributed by atoms with Gasteiger partial charge < -0.3 is 10.2 Å². The summed E-state index contributed by atoms with van der Waals surface area (Å²) >= 11 is 0. The first-order valence-electron chi connectivity index (χ1n) is 7.42. The summed E-state index contributed by atoms with van der Waals surface area (Å²) in [4.78, 5) is 10.2. The van der Waals surface area contributed by atoms with Crippen molar-refractivity contribution < 1.29 is 4.39 Å². The molecule has 2 rings (SSSR count). The highest BCUT2D eigenvalue weighted by Gasteiger charge is 2.30. The predicted molar refractivity (Wildman–Crippen MR) is 80.6 cm³/mol. The molecule has 4 nitrogen and oxygen atoms in total. The summed E-state index contributed by atoms with van der Waals surface area (Å²) in [5, 5.41) is 3.03. The summed E-state index contributed by atoms with van der Waals surface area (Å²) in [6.45, 7) is 7.31. The quantitative estimate of drug-likeness (QED) is 0.917. The van der Waals surface area contributed by atoms with Gasteiger partial charge in [0.25, 0.3) is 0 Å². The molecule has 1 aliphatic rings. The third kappa shape index (κ3) is 3.38. The lowest BCUT2D eigenvalue weighted by Crippen LogP contribution is -2.38. The number of nitrogens with zero attached hydrogens (tertiary/aromatic N) is 3. The van der Waals surface area contributed by atoms with Gasteiger partial charge in [0.15, 0.2) is 11.6 Å². The van der Waals surface area contributed by atoms with Crippen LogP contribution in [0.25, 0.3) is 0 Å². The van der Waals surface area contributed by atoms with Gasteiger partial charge in [-0.3, -0.25) is 0 Å². The fraction of sp³-hybridized carbons (Fsp3) is 0.733. The van der Waals surface area contributed by atoms with Crippen LogP contribution in [0.15, 0.2) is 6.20 Å². The Kier molecular flexibility index (Phi) is 4.45. The molecule has 0 atom stereocenters.